The van der Waals surface area contributed by atoms with Crippen molar-refractivity contribution in [3.63, 3.8) is 0 Å². The predicted molar refractivity (Wildman–Crippen MR) is 114 cm³/mol. The van der Waals surface area contributed by atoms with E-state index in [-0.39, 0.29) is 31.9 Å². The van der Waals surface area contributed by atoms with Gasteiger partial charge in [-0.3, -0.25) is 15.1 Å². The summed E-state index contributed by atoms with van der Waals surface area (Å²) in [6.07, 6.45) is 1.40. The van der Waals surface area contributed by atoms with Crippen molar-refractivity contribution in [2.45, 2.75) is 0 Å². The molecule has 0 fully saturated rings. The van der Waals surface area contributed by atoms with Gasteiger partial charge in [-0.25, -0.2) is 4.79 Å². The number of benzene rings is 2. The highest BCUT2D eigenvalue weighted by molar-refractivity contribution is 6.41. The zero-order valence-electron chi connectivity index (χ0n) is 14.3. The summed E-state index contributed by atoms with van der Waals surface area (Å²) in [6, 6.07) is 9.78. The molecule has 0 spiro atoms. The third kappa shape index (κ3) is 4.74. The minimum atomic E-state index is -0.908. The number of carbonyl (C=O) groups is 2. The van der Waals surface area contributed by atoms with E-state index in [9.17, 15) is 14.7 Å². The first kappa shape index (κ1) is 21.2. The number of phenolic OH excluding ortho intramolecular Hbond substituents is 1. The Bertz CT molecular complexity index is 1100. The molecule has 1 heterocycles. The number of pyridine rings is 1. The molecule has 6 nitrogen and oxygen atoms in total. The Morgan fingerprint density at radius 2 is 1.69 bits per heavy atom. The van der Waals surface area contributed by atoms with Gasteiger partial charge in [0.1, 0.15) is 0 Å². The number of anilines is 1. The van der Waals surface area contributed by atoms with Gasteiger partial charge in [0.2, 0.25) is 0 Å². The highest BCUT2D eigenvalue weighted by atomic mass is 35.5. The summed E-state index contributed by atoms with van der Waals surface area (Å²) in [6.45, 7) is 0. The Balaban J connectivity index is 1.83. The number of aromatic nitrogens is 1. The maximum absolute atomic E-state index is 12.2. The average Bonchev–Trinajstić information content (AvgIpc) is 2.67. The second kappa shape index (κ2) is 8.88. The number of aromatic hydroxyl groups is 1. The molecule has 3 rings (SSSR count). The second-order valence-electron chi connectivity index (χ2n) is 5.69. The van der Waals surface area contributed by atoms with E-state index in [1.165, 1.54) is 24.4 Å². The quantitative estimate of drug-likeness (QED) is 0.407. The number of hydrogen-bond acceptors (Lipinski definition) is 4. The van der Waals surface area contributed by atoms with Gasteiger partial charge < -0.3 is 10.4 Å². The van der Waals surface area contributed by atoms with Crippen LogP contribution in [-0.2, 0) is 0 Å². The van der Waals surface area contributed by atoms with E-state index < -0.39 is 17.7 Å². The summed E-state index contributed by atoms with van der Waals surface area (Å²) in [4.78, 5) is 28.4. The highest BCUT2D eigenvalue weighted by Gasteiger charge is 2.20. The fraction of sp³-hybridized carbons (Fsp3) is 0. The Morgan fingerprint density at radius 3 is 2.34 bits per heavy atom. The molecule has 148 valence electrons. The number of amides is 3. The molecule has 3 aromatic rings. The van der Waals surface area contributed by atoms with Gasteiger partial charge in [-0.05, 0) is 30.3 Å². The number of phenols is 1. The van der Waals surface area contributed by atoms with Gasteiger partial charge in [0.15, 0.2) is 5.75 Å². The molecule has 0 atom stereocenters. The molecule has 1 aromatic heterocycles. The fourth-order valence-corrected chi connectivity index (χ4v) is 3.41. The van der Waals surface area contributed by atoms with Crippen LogP contribution in [0, 0.1) is 0 Å². The van der Waals surface area contributed by atoms with Crippen LogP contribution in [0.2, 0.25) is 20.1 Å². The van der Waals surface area contributed by atoms with E-state index in [1.807, 2.05) is 0 Å². The topological polar surface area (TPSA) is 91.3 Å². The van der Waals surface area contributed by atoms with Crippen molar-refractivity contribution in [2.24, 2.45) is 0 Å². The van der Waals surface area contributed by atoms with Gasteiger partial charge in [0.05, 0.1) is 37.0 Å². The third-order valence-electron chi connectivity index (χ3n) is 3.77. The van der Waals surface area contributed by atoms with Crippen LogP contribution in [0.3, 0.4) is 0 Å². The van der Waals surface area contributed by atoms with Crippen LogP contribution in [0.25, 0.3) is 11.3 Å². The summed E-state index contributed by atoms with van der Waals surface area (Å²) >= 11 is 24.2. The molecule has 3 amide bonds. The molecule has 0 aliphatic heterocycles. The van der Waals surface area contributed by atoms with Crippen molar-refractivity contribution >= 4 is 64.0 Å². The molecule has 3 N–H and O–H groups in total. The Labute approximate surface area is 185 Å². The van der Waals surface area contributed by atoms with Crippen molar-refractivity contribution in [1.82, 2.24) is 10.3 Å². The zero-order chi connectivity index (χ0) is 21.1. The second-order valence-corrected chi connectivity index (χ2v) is 7.32. The lowest BCUT2D eigenvalue weighted by Gasteiger charge is -2.14. The van der Waals surface area contributed by atoms with Crippen molar-refractivity contribution < 1.29 is 14.7 Å². The molecule has 0 unspecified atom stereocenters. The van der Waals surface area contributed by atoms with Crippen LogP contribution >= 0.6 is 46.4 Å². The smallest absolute Gasteiger partial charge is 0.326 e. The van der Waals surface area contributed by atoms with Gasteiger partial charge in [0, 0.05) is 11.8 Å². The molecule has 10 heteroatoms. The fourth-order valence-electron chi connectivity index (χ4n) is 2.43. The Kier molecular flexibility index (Phi) is 6.49. The van der Waals surface area contributed by atoms with Gasteiger partial charge in [-0.2, -0.15) is 0 Å². The zero-order valence-corrected chi connectivity index (χ0v) is 17.4. The Hall–Kier alpha value is -2.51. The predicted octanol–water partition coefficient (Wildman–Crippen LogP) is 6.03. The van der Waals surface area contributed by atoms with Crippen molar-refractivity contribution in [3.05, 3.63) is 74.3 Å². The minimum absolute atomic E-state index is 0.0952. The minimum Gasteiger partial charge on any atom is -0.504 e. The first-order valence-electron chi connectivity index (χ1n) is 7.97. The van der Waals surface area contributed by atoms with Gasteiger partial charge in [0.25, 0.3) is 5.91 Å². The maximum atomic E-state index is 12.2. The molecule has 0 radical (unpaired) electrons. The summed E-state index contributed by atoms with van der Waals surface area (Å²) < 4.78 is 0. The van der Waals surface area contributed by atoms with Crippen molar-refractivity contribution in [1.29, 1.82) is 0 Å². The van der Waals surface area contributed by atoms with Crippen LogP contribution in [0.15, 0.2) is 48.7 Å². The maximum Gasteiger partial charge on any atom is 0.326 e. The molecule has 0 saturated heterocycles. The summed E-state index contributed by atoms with van der Waals surface area (Å²) in [5, 5.41) is 15.4. The van der Waals surface area contributed by atoms with E-state index in [1.54, 1.807) is 24.3 Å². The lowest BCUT2D eigenvalue weighted by Crippen LogP contribution is -2.34. The van der Waals surface area contributed by atoms with Crippen molar-refractivity contribution in [2.75, 3.05) is 5.32 Å². The Morgan fingerprint density at radius 1 is 0.966 bits per heavy atom. The summed E-state index contributed by atoms with van der Waals surface area (Å²) in [7, 11) is 0. The number of nitrogens with one attached hydrogen (secondary N) is 2. The number of carbonyl (C=O) groups excluding carboxylic acids is 2. The van der Waals surface area contributed by atoms with E-state index >= 15 is 0 Å². The van der Waals surface area contributed by atoms with E-state index in [0.717, 1.165) is 0 Å². The number of hydrogen-bond donors (Lipinski definition) is 3. The standard InChI is InChI=1S/C19H11Cl4N3O3/c20-9-5-6-13(24-8-9)15-12(22)7-14(17(27)16(15)23)25-19(29)26-18(28)10-3-1-2-4-11(10)21/h1-8,27H,(H2,25,26,28,29). The molecule has 0 saturated carbocycles. The average molecular weight is 471 g/mol. The van der Waals surface area contributed by atoms with Crippen LogP contribution < -0.4 is 10.6 Å². The molecular weight excluding hydrogens is 460 g/mol. The van der Waals surface area contributed by atoms with E-state index in [2.05, 4.69) is 15.6 Å². The van der Waals surface area contributed by atoms with E-state index in [4.69, 9.17) is 46.4 Å². The number of rotatable bonds is 3. The summed E-state index contributed by atoms with van der Waals surface area (Å²) in [5.74, 6) is -1.16. The SMILES string of the molecule is O=C(NC(=O)c1ccccc1Cl)Nc1cc(Cl)c(-c2ccc(Cl)cn2)c(Cl)c1O. The first-order valence-corrected chi connectivity index (χ1v) is 9.49. The summed E-state index contributed by atoms with van der Waals surface area (Å²) in [5.41, 5.74) is 0.668. The van der Waals surface area contributed by atoms with E-state index in [0.29, 0.717) is 10.7 Å². The lowest BCUT2D eigenvalue weighted by molar-refractivity contribution is 0.0967. The molecular formula is C19H11Cl4N3O3. The monoisotopic (exact) mass is 469 g/mol. The van der Waals surface area contributed by atoms with Crippen LogP contribution in [0.1, 0.15) is 10.4 Å². The van der Waals surface area contributed by atoms with Crippen LogP contribution in [-0.4, -0.2) is 22.0 Å². The molecule has 2 aromatic carbocycles. The number of nitrogens with zero attached hydrogens (tertiary/aromatic N) is 1. The van der Waals surface area contributed by atoms with Gasteiger partial charge in [-0.1, -0.05) is 58.5 Å². The highest BCUT2D eigenvalue weighted by Crippen LogP contribution is 2.44. The molecule has 29 heavy (non-hydrogen) atoms. The number of imide groups is 1. The molecule has 0 aliphatic rings. The largest absolute Gasteiger partial charge is 0.504 e. The van der Waals surface area contributed by atoms with Crippen molar-refractivity contribution in [3.8, 4) is 17.0 Å². The molecule has 0 bridgehead atoms. The van der Waals surface area contributed by atoms with Crippen LogP contribution in [0.4, 0.5) is 10.5 Å². The number of urea groups is 1. The third-order valence-corrected chi connectivity index (χ3v) is 4.99. The normalized spacial score (nSPS) is 10.5. The first-order chi connectivity index (χ1) is 13.8. The van der Waals surface area contributed by atoms with Gasteiger partial charge >= 0.3 is 6.03 Å². The lowest BCUT2D eigenvalue weighted by atomic mass is 10.1. The molecule has 0 aliphatic carbocycles. The number of halogens is 4. The van der Waals surface area contributed by atoms with Crippen LogP contribution in [0.5, 0.6) is 5.75 Å². The van der Waals surface area contributed by atoms with Gasteiger partial charge in [-0.15, -0.1) is 0 Å².